The van der Waals surface area contributed by atoms with Crippen molar-refractivity contribution in [3.05, 3.63) is 43.0 Å². The molecule has 0 unspecified atom stereocenters. The summed E-state index contributed by atoms with van der Waals surface area (Å²) < 4.78 is 18.4. The summed E-state index contributed by atoms with van der Waals surface area (Å²) in [6.07, 6.45) is 4.02. The molecule has 1 heterocycles. The minimum atomic E-state index is -1.27. The Labute approximate surface area is 186 Å². The van der Waals surface area contributed by atoms with Crippen molar-refractivity contribution in [3.63, 3.8) is 0 Å². The zero-order chi connectivity index (χ0) is 23.7. The SMILES string of the molecule is CCCCOC[C@@]1(C(=O)OC)C[C@@H](n2cc(C)c(=O)[nH]c2=O)[C@H](N=[N+]=[N-])[C@@H]1OCCCC. The van der Waals surface area contributed by atoms with Crippen molar-refractivity contribution in [2.75, 3.05) is 26.9 Å². The summed E-state index contributed by atoms with van der Waals surface area (Å²) in [7, 11) is 1.28. The highest BCUT2D eigenvalue weighted by Gasteiger charge is 2.60. The molecule has 0 aliphatic heterocycles. The van der Waals surface area contributed by atoms with E-state index in [2.05, 4.69) is 15.0 Å². The van der Waals surface area contributed by atoms with E-state index in [1.54, 1.807) is 6.92 Å². The molecule has 0 bridgehead atoms. The summed E-state index contributed by atoms with van der Waals surface area (Å²) in [4.78, 5) is 42.9. The van der Waals surface area contributed by atoms with Crippen LogP contribution in [0, 0.1) is 12.3 Å². The van der Waals surface area contributed by atoms with Gasteiger partial charge in [-0.05, 0) is 31.7 Å². The molecule has 2 rings (SSSR count). The third kappa shape index (κ3) is 5.40. The second-order valence-corrected chi connectivity index (χ2v) is 8.14. The van der Waals surface area contributed by atoms with Gasteiger partial charge in [0.2, 0.25) is 0 Å². The summed E-state index contributed by atoms with van der Waals surface area (Å²) in [6, 6.07) is -1.61. The molecule has 178 valence electrons. The van der Waals surface area contributed by atoms with Crippen molar-refractivity contribution in [2.45, 2.75) is 71.1 Å². The number of unbranched alkanes of at least 4 members (excludes halogenated alkanes) is 2. The van der Waals surface area contributed by atoms with E-state index in [9.17, 15) is 19.9 Å². The van der Waals surface area contributed by atoms with E-state index >= 15 is 0 Å². The van der Waals surface area contributed by atoms with E-state index in [0.29, 0.717) is 18.8 Å². The number of ether oxygens (including phenoxy) is 3. The van der Waals surface area contributed by atoms with Crippen molar-refractivity contribution < 1.29 is 19.0 Å². The lowest BCUT2D eigenvalue weighted by atomic mass is 9.84. The fraction of sp³-hybridized carbons (Fsp3) is 0.762. The third-order valence-corrected chi connectivity index (χ3v) is 5.90. The van der Waals surface area contributed by atoms with Crippen LogP contribution >= 0.6 is 0 Å². The molecule has 1 aromatic rings. The van der Waals surface area contributed by atoms with Crippen molar-refractivity contribution in [1.29, 1.82) is 0 Å². The van der Waals surface area contributed by atoms with Crippen molar-refractivity contribution in [1.82, 2.24) is 9.55 Å². The molecular weight excluding hydrogens is 418 g/mol. The Hall–Kier alpha value is -2.62. The summed E-state index contributed by atoms with van der Waals surface area (Å²) in [5, 5.41) is 3.93. The Morgan fingerprint density at radius 2 is 2.00 bits per heavy atom. The molecule has 1 aliphatic carbocycles. The molecule has 0 radical (unpaired) electrons. The largest absolute Gasteiger partial charge is 0.468 e. The number of hydrogen-bond donors (Lipinski definition) is 1. The van der Waals surface area contributed by atoms with Crippen LogP contribution in [-0.4, -0.2) is 54.6 Å². The molecule has 4 atom stereocenters. The van der Waals surface area contributed by atoms with Gasteiger partial charge in [-0.1, -0.05) is 31.8 Å². The number of nitrogens with zero attached hydrogens (tertiary/aromatic N) is 4. The van der Waals surface area contributed by atoms with Crippen molar-refractivity contribution >= 4 is 5.97 Å². The number of aromatic amines is 1. The quantitative estimate of drug-likeness (QED) is 0.170. The Morgan fingerprint density at radius 1 is 1.31 bits per heavy atom. The van der Waals surface area contributed by atoms with Gasteiger partial charge in [0, 0.05) is 29.9 Å². The Kier molecular flexibility index (Phi) is 9.49. The smallest absolute Gasteiger partial charge is 0.328 e. The molecule has 0 amide bonds. The van der Waals surface area contributed by atoms with E-state index in [4.69, 9.17) is 14.2 Å². The zero-order valence-electron chi connectivity index (χ0n) is 19.2. The van der Waals surface area contributed by atoms with Gasteiger partial charge in [0.25, 0.3) is 5.56 Å². The second-order valence-electron chi connectivity index (χ2n) is 8.14. The van der Waals surface area contributed by atoms with Gasteiger partial charge in [-0.25, -0.2) is 4.79 Å². The van der Waals surface area contributed by atoms with Crippen molar-refractivity contribution in [3.8, 4) is 0 Å². The van der Waals surface area contributed by atoms with Gasteiger partial charge in [0.1, 0.15) is 5.41 Å². The molecule has 1 saturated carbocycles. The molecule has 1 aromatic heterocycles. The van der Waals surface area contributed by atoms with Crippen LogP contribution in [0.1, 0.15) is 57.6 Å². The highest BCUT2D eigenvalue weighted by Crippen LogP contribution is 2.48. The number of aromatic nitrogens is 2. The third-order valence-electron chi connectivity index (χ3n) is 5.90. The molecule has 32 heavy (non-hydrogen) atoms. The Bertz CT molecular complexity index is 937. The Balaban J connectivity index is 2.59. The number of carbonyl (C=O) groups is 1. The first kappa shape index (κ1) is 25.6. The van der Waals surface area contributed by atoms with E-state index in [1.165, 1.54) is 17.9 Å². The topological polar surface area (TPSA) is 148 Å². The Morgan fingerprint density at radius 3 is 2.62 bits per heavy atom. The maximum Gasteiger partial charge on any atom is 0.328 e. The average molecular weight is 452 g/mol. The molecule has 0 saturated heterocycles. The van der Waals surface area contributed by atoms with Gasteiger partial charge in [0.05, 0.1) is 31.9 Å². The average Bonchev–Trinajstić information content (AvgIpc) is 3.08. The molecule has 0 spiro atoms. The molecule has 11 heteroatoms. The lowest BCUT2D eigenvalue weighted by Gasteiger charge is -2.33. The van der Waals surface area contributed by atoms with Crippen LogP contribution < -0.4 is 11.2 Å². The number of hydrogen-bond acceptors (Lipinski definition) is 7. The van der Waals surface area contributed by atoms with E-state index in [0.717, 1.165) is 25.7 Å². The van der Waals surface area contributed by atoms with Gasteiger partial charge in [0.15, 0.2) is 0 Å². The van der Waals surface area contributed by atoms with Gasteiger partial charge in [-0.15, -0.1) is 0 Å². The summed E-state index contributed by atoms with van der Waals surface area (Å²) >= 11 is 0. The summed E-state index contributed by atoms with van der Waals surface area (Å²) in [6.45, 7) is 6.41. The highest BCUT2D eigenvalue weighted by atomic mass is 16.5. The van der Waals surface area contributed by atoms with Gasteiger partial charge in [-0.2, -0.15) is 0 Å². The minimum absolute atomic E-state index is 0.00149. The maximum atomic E-state index is 13.1. The number of methoxy groups -OCH3 is 1. The molecule has 1 fully saturated rings. The number of aryl methyl sites for hydroxylation is 1. The molecule has 11 nitrogen and oxygen atoms in total. The molecule has 0 aromatic carbocycles. The van der Waals surface area contributed by atoms with Gasteiger partial charge in [-0.3, -0.25) is 19.1 Å². The molecule has 1 N–H and O–H groups in total. The first-order chi connectivity index (χ1) is 15.4. The molecule has 1 aliphatic rings. The van der Waals surface area contributed by atoms with Crippen LogP contribution in [0.25, 0.3) is 10.4 Å². The van der Waals surface area contributed by atoms with Crippen LogP contribution in [0.15, 0.2) is 20.9 Å². The van der Waals surface area contributed by atoms with E-state index < -0.39 is 40.8 Å². The van der Waals surface area contributed by atoms with Crippen LogP contribution in [0.4, 0.5) is 0 Å². The lowest BCUT2D eigenvalue weighted by Crippen LogP contribution is -2.48. The molecular formula is C21H33N5O6. The van der Waals surface area contributed by atoms with E-state index in [-0.39, 0.29) is 13.0 Å². The first-order valence-electron chi connectivity index (χ1n) is 11.0. The fourth-order valence-corrected chi connectivity index (χ4v) is 4.15. The summed E-state index contributed by atoms with van der Waals surface area (Å²) in [5.74, 6) is -0.551. The standard InChI is InChI=1S/C21H33N5O6/c1-5-7-9-31-13-21(19(28)30-4)11-15(26-12-14(3)18(27)23-20(26)29)16(24-25-22)17(21)32-10-8-6-2/h12,15-17H,5-11,13H2,1-4H3,(H,23,27,29)/t15-,16+,17+,21+/m1/s1. The van der Waals surface area contributed by atoms with Gasteiger partial charge < -0.3 is 14.2 Å². The van der Waals surface area contributed by atoms with Gasteiger partial charge >= 0.3 is 11.7 Å². The number of H-pyrrole nitrogens is 1. The first-order valence-corrected chi connectivity index (χ1v) is 11.0. The highest BCUT2D eigenvalue weighted by molar-refractivity contribution is 5.78. The normalized spacial score (nSPS) is 24.8. The monoisotopic (exact) mass is 451 g/mol. The predicted molar refractivity (Wildman–Crippen MR) is 117 cm³/mol. The number of esters is 1. The lowest BCUT2D eigenvalue weighted by molar-refractivity contribution is -0.168. The van der Waals surface area contributed by atoms with E-state index in [1.807, 2.05) is 13.8 Å². The number of carbonyl (C=O) groups excluding carboxylic acids is 1. The van der Waals surface area contributed by atoms with Crippen LogP contribution in [0.2, 0.25) is 0 Å². The summed E-state index contributed by atoms with van der Waals surface area (Å²) in [5.41, 5.74) is 7.17. The number of rotatable bonds is 12. The maximum absolute atomic E-state index is 13.1. The fourth-order valence-electron chi connectivity index (χ4n) is 4.15. The predicted octanol–water partition coefficient (Wildman–Crippen LogP) is 2.63. The zero-order valence-corrected chi connectivity index (χ0v) is 19.2. The van der Waals surface area contributed by atoms with Crippen LogP contribution in [0.5, 0.6) is 0 Å². The van der Waals surface area contributed by atoms with Crippen LogP contribution in [0.3, 0.4) is 0 Å². The number of azide groups is 1. The minimum Gasteiger partial charge on any atom is -0.468 e. The van der Waals surface area contributed by atoms with Crippen LogP contribution in [-0.2, 0) is 19.0 Å². The van der Waals surface area contributed by atoms with Crippen molar-refractivity contribution in [2.24, 2.45) is 10.5 Å². The number of nitrogens with one attached hydrogen (secondary N) is 1. The second kappa shape index (κ2) is 11.8.